The highest BCUT2D eigenvalue weighted by molar-refractivity contribution is 7.09. The van der Waals surface area contributed by atoms with E-state index in [4.69, 9.17) is 5.73 Å². The van der Waals surface area contributed by atoms with Crippen molar-refractivity contribution in [3.63, 3.8) is 0 Å². The van der Waals surface area contributed by atoms with Gasteiger partial charge in [-0.3, -0.25) is 9.59 Å². The van der Waals surface area contributed by atoms with Gasteiger partial charge >= 0.3 is 0 Å². The number of likely N-dealkylation sites (tertiary alicyclic amines) is 1. The van der Waals surface area contributed by atoms with Crippen LogP contribution in [0.15, 0.2) is 29.6 Å². The minimum absolute atomic E-state index is 0.0304. The summed E-state index contributed by atoms with van der Waals surface area (Å²) >= 11 is 1.51. The number of nitrogens with two attached hydrogens (primary N) is 1. The SMILES string of the molecule is Cc1ccc(NC(=O)Cc2nc(C[NH+]3CCC[C@H](C(N)=O)C3)cs2)cc1. The normalized spacial score (nSPS) is 19.9. The molecule has 1 fully saturated rings. The summed E-state index contributed by atoms with van der Waals surface area (Å²) in [6, 6.07) is 7.74. The number of carbonyl (C=O) groups excluding carboxylic acids is 2. The second-order valence-electron chi connectivity index (χ2n) is 6.95. The van der Waals surface area contributed by atoms with Gasteiger partial charge in [0.05, 0.1) is 25.4 Å². The van der Waals surface area contributed by atoms with Crippen LogP contribution in [-0.2, 0) is 22.6 Å². The molecule has 26 heavy (non-hydrogen) atoms. The zero-order chi connectivity index (χ0) is 18.5. The van der Waals surface area contributed by atoms with Crippen molar-refractivity contribution >= 4 is 28.8 Å². The Morgan fingerprint density at radius 3 is 2.85 bits per heavy atom. The van der Waals surface area contributed by atoms with Crippen molar-refractivity contribution in [3.05, 3.63) is 45.9 Å². The second-order valence-corrected chi connectivity index (χ2v) is 7.89. The fourth-order valence-electron chi connectivity index (χ4n) is 3.30. The van der Waals surface area contributed by atoms with Gasteiger partial charge in [-0.05, 0) is 31.9 Å². The van der Waals surface area contributed by atoms with Crippen molar-refractivity contribution in [1.82, 2.24) is 4.98 Å². The average molecular weight is 374 g/mol. The smallest absolute Gasteiger partial charge is 0.231 e. The van der Waals surface area contributed by atoms with Crippen molar-refractivity contribution in [3.8, 4) is 0 Å². The Morgan fingerprint density at radius 2 is 2.12 bits per heavy atom. The molecule has 2 aromatic rings. The topological polar surface area (TPSA) is 89.5 Å². The lowest BCUT2D eigenvalue weighted by atomic mass is 9.97. The van der Waals surface area contributed by atoms with Gasteiger partial charge in [-0.15, -0.1) is 11.3 Å². The summed E-state index contributed by atoms with van der Waals surface area (Å²) in [6.07, 6.45) is 2.18. The van der Waals surface area contributed by atoms with E-state index in [-0.39, 0.29) is 24.2 Å². The van der Waals surface area contributed by atoms with E-state index in [1.54, 1.807) is 0 Å². The molecule has 6 nitrogen and oxygen atoms in total. The van der Waals surface area contributed by atoms with Gasteiger partial charge in [0.25, 0.3) is 0 Å². The maximum absolute atomic E-state index is 12.2. The first-order chi connectivity index (χ1) is 12.5. The molecule has 0 radical (unpaired) electrons. The van der Waals surface area contributed by atoms with E-state index in [1.807, 2.05) is 36.6 Å². The van der Waals surface area contributed by atoms with Crippen LogP contribution in [-0.4, -0.2) is 29.9 Å². The standard InChI is InChI=1S/C19H24N4O2S/c1-13-4-6-15(7-5-13)21-17(24)9-18-22-16(12-26-18)11-23-8-2-3-14(10-23)19(20)25/h4-7,12,14H,2-3,8-11H2,1H3,(H2,20,25)(H,21,24)/p+1/t14-/m0/s1. The lowest BCUT2D eigenvalue weighted by Gasteiger charge is -2.27. The van der Waals surface area contributed by atoms with Crippen LogP contribution in [0.4, 0.5) is 5.69 Å². The van der Waals surface area contributed by atoms with E-state index < -0.39 is 0 Å². The Kier molecular flexibility index (Phi) is 6.00. The third kappa shape index (κ3) is 5.12. The van der Waals surface area contributed by atoms with Gasteiger partial charge in [-0.1, -0.05) is 17.7 Å². The summed E-state index contributed by atoms with van der Waals surface area (Å²) in [7, 11) is 0. The maximum Gasteiger partial charge on any atom is 0.231 e. The highest BCUT2D eigenvalue weighted by atomic mass is 32.1. The molecule has 1 aromatic carbocycles. The van der Waals surface area contributed by atoms with Crippen molar-refractivity contribution in [2.45, 2.75) is 32.7 Å². The number of hydrogen-bond acceptors (Lipinski definition) is 4. The summed E-state index contributed by atoms with van der Waals surface area (Å²) in [6.45, 7) is 4.60. The average Bonchev–Trinajstić information content (AvgIpc) is 3.04. The molecule has 1 aliphatic rings. The molecule has 3 rings (SSSR count). The van der Waals surface area contributed by atoms with Gasteiger partial charge in [0, 0.05) is 11.1 Å². The van der Waals surface area contributed by atoms with Crippen LogP contribution in [0, 0.1) is 12.8 Å². The summed E-state index contributed by atoms with van der Waals surface area (Å²) in [5.74, 6) is -0.292. The van der Waals surface area contributed by atoms with Gasteiger partial charge in [0.15, 0.2) is 0 Å². The lowest BCUT2D eigenvalue weighted by molar-refractivity contribution is -0.921. The number of thiazole rings is 1. The van der Waals surface area contributed by atoms with Crippen LogP contribution in [0.25, 0.3) is 0 Å². The van der Waals surface area contributed by atoms with Crippen LogP contribution in [0.2, 0.25) is 0 Å². The summed E-state index contributed by atoms with van der Waals surface area (Å²) in [5, 5.41) is 5.72. The fourth-order valence-corrected chi connectivity index (χ4v) is 4.09. The molecule has 0 saturated carbocycles. The third-order valence-corrected chi connectivity index (χ3v) is 5.60. The van der Waals surface area contributed by atoms with E-state index in [0.29, 0.717) is 0 Å². The minimum atomic E-state index is -0.200. The molecule has 2 heterocycles. The van der Waals surface area contributed by atoms with Crippen LogP contribution in [0.1, 0.15) is 29.1 Å². The fraction of sp³-hybridized carbons (Fsp3) is 0.421. The van der Waals surface area contributed by atoms with Gasteiger partial charge in [0.1, 0.15) is 17.2 Å². The van der Waals surface area contributed by atoms with Crippen LogP contribution < -0.4 is 16.0 Å². The molecule has 2 amide bonds. The molecule has 1 aliphatic heterocycles. The van der Waals surface area contributed by atoms with E-state index in [0.717, 1.165) is 54.4 Å². The van der Waals surface area contributed by atoms with Crippen LogP contribution >= 0.6 is 11.3 Å². The van der Waals surface area contributed by atoms with Gasteiger partial charge in [-0.2, -0.15) is 0 Å². The zero-order valence-corrected chi connectivity index (χ0v) is 15.8. The molecule has 0 bridgehead atoms. The first kappa shape index (κ1) is 18.5. The van der Waals surface area contributed by atoms with E-state index in [1.165, 1.54) is 16.2 Å². The molecule has 1 aromatic heterocycles. The van der Waals surface area contributed by atoms with Crippen LogP contribution in [0.3, 0.4) is 0 Å². The second kappa shape index (κ2) is 8.42. The molecule has 0 spiro atoms. The molecule has 138 valence electrons. The predicted octanol–water partition coefficient (Wildman–Crippen LogP) is 0.913. The predicted molar refractivity (Wildman–Crippen MR) is 102 cm³/mol. The van der Waals surface area contributed by atoms with Gasteiger partial charge in [0.2, 0.25) is 11.8 Å². The highest BCUT2D eigenvalue weighted by Gasteiger charge is 2.27. The molecule has 1 unspecified atom stereocenters. The zero-order valence-electron chi connectivity index (χ0n) is 15.0. The van der Waals surface area contributed by atoms with Crippen molar-refractivity contribution in [2.75, 3.05) is 18.4 Å². The first-order valence-corrected chi connectivity index (χ1v) is 9.80. The summed E-state index contributed by atoms with van der Waals surface area (Å²) in [5.41, 5.74) is 8.38. The molecule has 1 saturated heterocycles. The Hall–Kier alpha value is -2.25. The number of hydrogen-bond donors (Lipinski definition) is 3. The summed E-state index contributed by atoms with van der Waals surface area (Å²) in [4.78, 5) is 29.5. The number of nitrogens with one attached hydrogen (secondary N) is 2. The Labute approximate surface area is 157 Å². The monoisotopic (exact) mass is 373 g/mol. The van der Waals surface area contributed by atoms with Gasteiger partial charge < -0.3 is 16.0 Å². The number of rotatable bonds is 6. The number of piperidine rings is 1. The number of amides is 2. The van der Waals surface area contributed by atoms with E-state index in [9.17, 15) is 9.59 Å². The molecular weight excluding hydrogens is 348 g/mol. The highest BCUT2D eigenvalue weighted by Crippen LogP contribution is 2.13. The molecule has 4 N–H and O–H groups in total. The minimum Gasteiger partial charge on any atom is -0.369 e. The number of anilines is 1. The number of carbonyl (C=O) groups is 2. The molecule has 2 atom stereocenters. The first-order valence-electron chi connectivity index (χ1n) is 8.92. The van der Waals surface area contributed by atoms with Crippen molar-refractivity contribution in [2.24, 2.45) is 11.7 Å². The molecule has 7 heteroatoms. The number of quaternary nitrogens is 1. The number of primary amides is 1. The van der Waals surface area contributed by atoms with E-state index in [2.05, 4.69) is 10.3 Å². The number of aryl methyl sites for hydroxylation is 1. The maximum atomic E-state index is 12.2. The van der Waals surface area contributed by atoms with Crippen LogP contribution in [0.5, 0.6) is 0 Å². The van der Waals surface area contributed by atoms with Crippen molar-refractivity contribution in [1.29, 1.82) is 0 Å². The Bertz CT molecular complexity index is 772. The Balaban J connectivity index is 1.52. The largest absolute Gasteiger partial charge is 0.369 e. The quantitative estimate of drug-likeness (QED) is 0.703. The molecule has 0 aliphatic carbocycles. The molecular formula is C19H25N4O2S+. The summed E-state index contributed by atoms with van der Waals surface area (Å²) < 4.78 is 0. The van der Waals surface area contributed by atoms with Gasteiger partial charge in [-0.25, -0.2) is 4.98 Å². The third-order valence-electron chi connectivity index (χ3n) is 4.70. The number of aromatic nitrogens is 1. The Morgan fingerprint density at radius 1 is 1.35 bits per heavy atom. The number of benzene rings is 1. The number of nitrogens with zero attached hydrogens (tertiary/aromatic N) is 1. The van der Waals surface area contributed by atoms with Crippen molar-refractivity contribution < 1.29 is 14.5 Å². The lowest BCUT2D eigenvalue weighted by Crippen LogP contribution is -3.12. The van der Waals surface area contributed by atoms with E-state index >= 15 is 0 Å².